The van der Waals surface area contributed by atoms with Crippen LogP contribution in [0.25, 0.3) is 0 Å². The van der Waals surface area contributed by atoms with E-state index in [1.54, 1.807) is 27.7 Å². The maximum absolute atomic E-state index is 13.0. The van der Waals surface area contributed by atoms with Gasteiger partial charge in [-0.15, -0.1) is 0 Å². The van der Waals surface area contributed by atoms with Crippen LogP contribution in [-0.4, -0.2) is 48.2 Å². The highest BCUT2D eigenvalue weighted by Gasteiger charge is 2.29. The van der Waals surface area contributed by atoms with Gasteiger partial charge in [0, 0.05) is 26.2 Å². The molecule has 0 saturated heterocycles. The molecule has 0 unspecified atom stereocenters. The lowest BCUT2D eigenvalue weighted by molar-refractivity contribution is 0.100. The summed E-state index contributed by atoms with van der Waals surface area (Å²) in [4.78, 5) is 25.4. The molecule has 0 bridgehead atoms. The summed E-state index contributed by atoms with van der Waals surface area (Å²) < 4.78 is 60.5. The normalized spacial score (nSPS) is 9.83. The molecule has 2 amide bonds. The summed E-state index contributed by atoms with van der Waals surface area (Å²) in [6.07, 6.45) is -7.96. The summed E-state index contributed by atoms with van der Waals surface area (Å²) in [7, 11) is 0. The summed E-state index contributed by atoms with van der Waals surface area (Å²) in [6, 6.07) is 0. The minimum atomic E-state index is -2.72. The second-order valence-corrected chi connectivity index (χ2v) is 4.26. The van der Waals surface area contributed by atoms with Crippen LogP contribution < -0.4 is 0 Å². The van der Waals surface area contributed by atoms with E-state index in [9.17, 15) is 27.2 Å². The first kappa shape index (κ1) is 21.7. The van der Waals surface area contributed by atoms with E-state index in [1.807, 2.05) is 0 Å². The van der Waals surface area contributed by atoms with Gasteiger partial charge >= 0.3 is 24.3 Å². The van der Waals surface area contributed by atoms with Crippen molar-refractivity contribution in [3.63, 3.8) is 0 Å². The molecule has 0 saturated carbocycles. The first-order valence-electron chi connectivity index (χ1n) is 7.27. The molecule has 0 N–H and O–H groups in total. The zero-order chi connectivity index (χ0) is 18.9. The summed E-state index contributed by atoms with van der Waals surface area (Å²) in [5, 5.41) is 0. The van der Waals surface area contributed by atoms with Gasteiger partial charge in [0.15, 0.2) is 0 Å². The molecule has 6 nitrogen and oxygen atoms in total. The van der Waals surface area contributed by atoms with Gasteiger partial charge in [-0.05, 0) is 27.7 Å². The molecule has 0 aliphatic heterocycles. The number of ether oxygens (including phenoxy) is 2. The Morgan fingerprint density at radius 2 is 0.917 bits per heavy atom. The predicted molar refractivity (Wildman–Crippen MR) is 77.3 cm³/mol. The lowest BCUT2D eigenvalue weighted by Gasteiger charge is -2.21. The Morgan fingerprint density at radius 3 is 1.08 bits per heavy atom. The van der Waals surface area contributed by atoms with Gasteiger partial charge in [-0.3, -0.25) is 0 Å². The Morgan fingerprint density at radius 1 is 0.667 bits per heavy atom. The van der Waals surface area contributed by atoms with Crippen molar-refractivity contribution in [1.82, 2.24) is 9.80 Å². The number of nitrogens with zero attached hydrogens (tertiary/aromatic N) is 2. The summed E-state index contributed by atoms with van der Waals surface area (Å²) in [5.74, 6) is -3.57. The van der Waals surface area contributed by atoms with E-state index in [1.165, 1.54) is 0 Å². The third-order valence-corrected chi connectivity index (χ3v) is 2.97. The highest BCUT2D eigenvalue weighted by molar-refractivity contribution is 5.71. The molecule has 10 heteroatoms. The Kier molecular flexibility index (Phi) is 9.51. The number of hydrogen-bond donors (Lipinski definition) is 0. The van der Waals surface area contributed by atoms with Crippen molar-refractivity contribution in [2.45, 2.75) is 27.7 Å². The van der Waals surface area contributed by atoms with Crippen molar-refractivity contribution < 1.29 is 36.6 Å². The van der Waals surface area contributed by atoms with Crippen molar-refractivity contribution >= 4 is 12.2 Å². The first-order chi connectivity index (χ1) is 11.2. The van der Waals surface area contributed by atoms with Crippen LogP contribution in [-0.2, 0) is 9.47 Å². The molecular formula is C14H20F4N2O4. The fraction of sp³-hybridized carbons (Fsp3) is 0.571. The van der Waals surface area contributed by atoms with Crippen LogP contribution in [0.15, 0.2) is 23.7 Å². The van der Waals surface area contributed by atoms with Gasteiger partial charge in [-0.25, -0.2) is 9.59 Å². The van der Waals surface area contributed by atoms with E-state index >= 15 is 0 Å². The fourth-order valence-electron chi connectivity index (χ4n) is 1.61. The molecule has 24 heavy (non-hydrogen) atoms. The van der Waals surface area contributed by atoms with Gasteiger partial charge in [0.2, 0.25) is 11.5 Å². The van der Waals surface area contributed by atoms with Crippen LogP contribution in [0.4, 0.5) is 27.2 Å². The Bertz CT molecular complexity index is 461. The average Bonchev–Trinajstić information content (AvgIpc) is 2.52. The van der Waals surface area contributed by atoms with Gasteiger partial charge in [0.1, 0.15) is 0 Å². The van der Waals surface area contributed by atoms with Gasteiger partial charge in [-0.1, -0.05) is 0 Å². The third-order valence-electron chi connectivity index (χ3n) is 2.97. The van der Waals surface area contributed by atoms with Crippen LogP contribution in [0, 0.1) is 0 Å². The monoisotopic (exact) mass is 356 g/mol. The fourth-order valence-corrected chi connectivity index (χ4v) is 1.61. The van der Waals surface area contributed by atoms with Gasteiger partial charge in [-0.2, -0.15) is 17.6 Å². The molecule has 138 valence electrons. The molecular weight excluding hydrogens is 336 g/mol. The third kappa shape index (κ3) is 6.09. The van der Waals surface area contributed by atoms with E-state index in [0.717, 1.165) is 9.80 Å². The second-order valence-electron chi connectivity index (χ2n) is 4.26. The number of carbonyl (C=O) groups excluding carboxylic acids is 2. The number of hydrogen-bond acceptors (Lipinski definition) is 4. The zero-order valence-corrected chi connectivity index (χ0v) is 13.9. The van der Waals surface area contributed by atoms with Crippen molar-refractivity contribution in [1.29, 1.82) is 0 Å². The lowest BCUT2D eigenvalue weighted by Crippen LogP contribution is -2.33. The van der Waals surface area contributed by atoms with Crippen LogP contribution in [0.5, 0.6) is 0 Å². The molecule has 0 aliphatic rings. The molecule has 0 aliphatic carbocycles. The molecule has 0 radical (unpaired) electrons. The number of halogens is 4. The van der Waals surface area contributed by atoms with Crippen LogP contribution in [0.2, 0.25) is 0 Å². The van der Waals surface area contributed by atoms with E-state index in [4.69, 9.17) is 0 Å². The molecule has 0 aromatic rings. The minimum Gasteiger partial charge on any atom is -0.400 e. The van der Waals surface area contributed by atoms with Crippen LogP contribution in [0.3, 0.4) is 0 Å². The Hall–Kier alpha value is -2.26. The van der Waals surface area contributed by atoms with Crippen LogP contribution >= 0.6 is 0 Å². The smallest absolute Gasteiger partial charge is 0.400 e. The van der Waals surface area contributed by atoms with Crippen molar-refractivity contribution in [3.8, 4) is 0 Å². The Balaban J connectivity index is 5.53. The van der Waals surface area contributed by atoms with E-state index < -0.39 is 35.9 Å². The average molecular weight is 356 g/mol. The molecule has 0 spiro atoms. The van der Waals surface area contributed by atoms with E-state index in [0.29, 0.717) is 0 Å². The second kappa shape index (κ2) is 10.5. The summed E-state index contributed by atoms with van der Waals surface area (Å²) in [5.41, 5.74) is 0. The molecule has 0 aromatic heterocycles. The quantitative estimate of drug-likeness (QED) is 0.390. The Labute approximate surface area is 137 Å². The highest BCUT2D eigenvalue weighted by Crippen LogP contribution is 2.26. The maximum atomic E-state index is 13.0. The molecule has 0 atom stereocenters. The van der Waals surface area contributed by atoms with Gasteiger partial charge in [0.05, 0.1) is 0 Å². The van der Waals surface area contributed by atoms with Gasteiger partial charge in [0.25, 0.3) is 0 Å². The minimum absolute atomic E-state index is 0.118. The molecule has 0 aromatic carbocycles. The zero-order valence-electron chi connectivity index (χ0n) is 13.9. The van der Waals surface area contributed by atoms with Crippen molar-refractivity contribution in [2.24, 2.45) is 0 Å². The highest BCUT2D eigenvalue weighted by atomic mass is 19.3. The lowest BCUT2D eigenvalue weighted by atomic mass is 10.4. The standard InChI is InChI=1S/C14H20F4N2O4/c1-5-19(6-2)13(21)23-9(11(15)16)10(12(17)18)24-14(22)20(7-3)8-4/h5-8H2,1-4H3. The number of carbonyl (C=O) groups is 2. The summed E-state index contributed by atoms with van der Waals surface area (Å²) in [6.45, 7) is 6.67. The van der Waals surface area contributed by atoms with Crippen LogP contribution in [0.1, 0.15) is 27.7 Å². The number of rotatable bonds is 7. The van der Waals surface area contributed by atoms with E-state index in [-0.39, 0.29) is 26.2 Å². The van der Waals surface area contributed by atoms with Crippen molar-refractivity contribution in [3.05, 3.63) is 23.7 Å². The first-order valence-corrected chi connectivity index (χ1v) is 7.27. The molecule has 0 rings (SSSR count). The number of amides is 2. The predicted octanol–water partition coefficient (Wildman–Crippen LogP) is 4.16. The van der Waals surface area contributed by atoms with Gasteiger partial charge < -0.3 is 19.3 Å². The largest absolute Gasteiger partial charge is 0.415 e. The topological polar surface area (TPSA) is 59.1 Å². The molecule has 0 fully saturated rings. The summed E-state index contributed by atoms with van der Waals surface area (Å²) >= 11 is 0. The maximum Gasteiger partial charge on any atom is 0.415 e. The van der Waals surface area contributed by atoms with Crippen molar-refractivity contribution in [2.75, 3.05) is 26.2 Å². The van der Waals surface area contributed by atoms with E-state index in [2.05, 4.69) is 9.47 Å². The SMILES string of the molecule is CCN(CC)C(=O)OC(=C(F)F)C(OC(=O)N(CC)CC)=C(F)F. The molecule has 0 heterocycles.